The molecule has 0 bridgehead atoms. The molecule has 26 heavy (non-hydrogen) atoms. The average molecular weight is 347 g/mol. The highest BCUT2D eigenvalue weighted by atomic mass is 16.5. The van der Waals surface area contributed by atoms with E-state index in [1.165, 1.54) is 12.4 Å². The second-order valence-electron chi connectivity index (χ2n) is 6.09. The van der Waals surface area contributed by atoms with Gasteiger partial charge >= 0.3 is 0 Å². The van der Waals surface area contributed by atoms with Crippen molar-refractivity contribution >= 4 is 5.91 Å². The van der Waals surface area contributed by atoms with Crippen LogP contribution in [0.1, 0.15) is 21.5 Å². The van der Waals surface area contributed by atoms with E-state index in [4.69, 9.17) is 4.74 Å². The molecular weight excluding hydrogens is 326 g/mol. The van der Waals surface area contributed by atoms with Crippen LogP contribution in [0.25, 0.3) is 11.4 Å². The van der Waals surface area contributed by atoms with Gasteiger partial charge in [0.05, 0.1) is 12.1 Å². The molecule has 132 valence electrons. The Kier molecular flexibility index (Phi) is 5.59. The molecule has 3 aromatic rings. The largest absolute Gasteiger partial charge is 0.492 e. The Hall–Kier alpha value is -3.21. The summed E-state index contributed by atoms with van der Waals surface area (Å²) in [6.07, 6.45) is 3.07. The minimum Gasteiger partial charge on any atom is -0.492 e. The molecule has 1 aromatic heterocycles. The van der Waals surface area contributed by atoms with Crippen LogP contribution in [-0.2, 0) is 0 Å². The third-order valence-electron chi connectivity index (χ3n) is 3.80. The number of aromatic nitrogens is 2. The number of aryl methyl sites for hydroxylation is 2. The lowest BCUT2D eigenvalue weighted by Crippen LogP contribution is -2.28. The van der Waals surface area contributed by atoms with Crippen molar-refractivity contribution in [1.82, 2.24) is 15.3 Å². The predicted molar refractivity (Wildman–Crippen MR) is 101 cm³/mol. The van der Waals surface area contributed by atoms with Crippen LogP contribution in [0.5, 0.6) is 5.75 Å². The van der Waals surface area contributed by atoms with Crippen LogP contribution < -0.4 is 10.1 Å². The number of hydrogen-bond acceptors (Lipinski definition) is 4. The zero-order valence-electron chi connectivity index (χ0n) is 14.9. The van der Waals surface area contributed by atoms with Gasteiger partial charge in [-0.15, -0.1) is 0 Å². The van der Waals surface area contributed by atoms with Crippen molar-refractivity contribution in [2.45, 2.75) is 13.8 Å². The SMILES string of the molecule is Cc1cc(C)cc(OCCNC(=O)c2cnc(-c3ccccc3)nc2)c1. The highest BCUT2D eigenvalue weighted by molar-refractivity contribution is 5.93. The smallest absolute Gasteiger partial charge is 0.254 e. The summed E-state index contributed by atoms with van der Waals surface area (Å²) >= 11 is 0. The molecule has 0 fully saturated rings. The summed E-state index contributed by atoms with van der Waals surface area (Å²) in [5, 5.41) is 2.81. The number of hydrogen-bond donors (Lipinski definition) is 1. The molecule has 0 aliphatic heterocycles. The van der Waals surface area contributed by atoms with Gasteiger partial charge in [-0.05, 0) is 37.1 Å². The first-order chi connectivity index (χ1) is 12.6. The van der Waals surface area contributed by atoms with Crippen molar-refractivity contribution in [3.8, 4) is 17.1 Å². The molecule has 5 nitrogen and oxygen atoms in total. The van der Waals surface area contributed by atoms with Gasteiger partial charge in [0.25, 0.3) is 5.91 Å². The molecule has 1 heterocycles. The lowest BCUT2D eigenvalue weighted by atomic mass is 10.1. The molecule has 3 rings (SSSR count). The molecule has 0 saturated carbocycles. The monoisotopic (exact) mass is 347 g/mol. The van der Waals surface area contributed by atoms with Crippen molar-refractivity contribution in [3.63, 3.8) is 0 Å². The fraction of sp³-hybridized carbons (Fsp3) is 0.190. The molecule has 0 spiro atoms. The van der Waals surface area contributed by atoms with Crippen molar-refractivity contribution in [1.29, 1.82) is 0 Å². The molecule has 0 saturated heterocycles. The molecule has 0 aliphatic carbocycles. The van der Waals surface area contributed by atoms with Gasteiger partial charge in [0, 0.05) is 18.0 Å². The number of benzene rings is 2. The second-order valence-corrected chi connectivity index (χ2v) is 6.09. The van der Waals surface area contributed by atoms with Crippen LogP contribution in [0.4, 0.5) is 0 Å². The zero-order valence-corrected chi connectivity index (χ0v) is 14.9. The average Bonchev–Trinajstić information content (AvgIpc) is 2.65. The van der Waals surface area contributed by atoms with Gasteiger partial charge < -0.3 is 10.1 Å². The highest BCUT2D eigenvalue weighted by Crippen LogP contribution is 2.16. The Morgan fingerprint density at radius 3 is 2.31 bits per heavy atom. The number of amides is 1. The van der Waals surface area contributed by atoms with Crippen LogP contribution >= 0.6 is 0 Å². The lowest BCUT2D eigenvalue weighted by Gasteiger charge is -2.09. The molecule has 5 heteroatoms. The van der Waals surface area contributed by atoms with E-state index in [0.29, 0.717) is 24.5 Å². The summed E-state index contributed by atoms with van der Waals surface area (Å²) in [6.45, 7) is 4.87. The van der Waals surface area contributed by atoms with E-state index in [-0.39, 0.29) is 5.91 Å². The third-order valence-corrected chi connectivity index (χ3v) is 3.80. The van der Waals surface area contributed by atoms with E-state index in [0.717, 1.165) is 22.4 Å². The Bertz CT molecular complexity index is 857. The van der Waals surface area contributed by atoms with Crippen molar-refractivity contribution in [2.24, 2.45) is 0 Å². The lowest BCUT2D eigenvalue weighted by molar-refractivity contribution is 0.0946. The summed E-state index contributed by atoms with van der Waals surface area (Å²) < 4.78 is 5.68. The summed E-state index contributed by atoms with van der Waals surface area (Å²) in [4.78, 5) is 20.7. The van der Waals surface area contributed by atoms with Crippen molar-refractivity contribution in [2.75, 3.05) is 13.2 Å². The number of carbonyl (C=O) groups excluding carboxylic acids is 1. The molecule has 0 radical (unpaired) electrons. The molecule has 0 aliphatic rings. The van der Waals surface area contributed by atoms with Crippen LogP contribution in [0.15, 0.2) is 60.9 Å². The summed E-state index contributed by atoms with van der Waals surface area (Å²) in [7, 11) is 0. The van der Waals surface area contributed by atoms with E-state index in [1.807, 2.05) is 56.3 Å². The van der Waals surface area contributed by atoms with Crippen LogP contribution in [0.3, 0.4) is 0 Å². The van der Waals surface area contributed by atoms with E-state index in [1.54, 1.807) is 0 Å². The quantitative estimate of drug-likeness (QED) is 0.693. The minimum absolute atomic E-state index is 0.214. The first-order valence-corrected chi connectivity index (χ1v) is 8.48. The van der Waals surface area contributed by atoms with Crippen molar-refractivity contribution < 1.29 is 9.53 Å². The molecule has 1 amide bonds. The van der Waals surface area contributed by atoms with E-state index < -0.39 is 0 Å². The normalized spacial score (nSPS) is 10.4. The Labute approximate surface area is 153 Å². The van der Waals surface area contributed by atoms with Crippen molar-refractivity contribution in [3.05, 3.63) is 77.6 Å². The topological polar surface area (TPSA) is 64.1 Å². The summed E-state index contributed by atoms with van der Waals surface area (Å²) in [6, 6.07) is 15.7. The van der Waals surface area contributed by atoms with E-state index in [9.17, 15) is 4.79 Å². The van der Waals surface area contributed by atoms with E-state index >= 15 is 0 Å². The van der Waals surface area contributed by atoms with Gasteiger partial charge in [0.2, 0.25) is 0 Å². The summed E-state index contributed by atoms with van der Waals surface area (Å²) in [5.41, 5.74) is 3.65. The maximum atomic E-state index is 12.2. The maximum absolute atomic E-state index is 12.2. The fourth-order valence-electron chi connectivity index (χ4n) is 2.63. The zero-order chi connectivity index (χ0) is 18.4. The van der Waals surface area contributed by atoms with Crippen LogP contribution in [0, 0.1) is 13.8 Å². The fourth-order valence-corrected chi connectivity index (χ4v) is 2.63. The Balaban J connectivity index is 1.50. The maximum Gasteiger partial charge on any atom is 0.254 e. The standard InChI is InChI=1S/C21H21N3O2/c1-15-10-16(2)12-19(11-15)26-9-8-22-21(25)18-13-23-20(24-14-18)17-6-4-3-5-7-17/h3-7,10-14H,8-9H2,1-2H3,(H,22,25). The van der Waals surface area contributed by atoms with Gasteiger partial charge in [-0.3, -0.25) is 4.79 Å². The predicted octanol–water partition coefficient (Wildman–Crippen LogP) is 3.57. The minimum atomic E-state index is -0.214. The molecule has 0 unspecified atom stereocenters. The Morgan fingerprint density at radius 1 is 1.00 bits per heavy atom. The number of nitrogens with zero attached hydrogens (tertiary/aromatic N) is 2. The number of ether oxygens (including phenoxy) is 1. The van der Waals surface area contributed by atoms with Gasteiger partial charge in [-0.1, -0.05) is 36.4 Å². The first-order valence-electron chi connectivity index (χ1n) is 8.48. The highest BCUT2D eigenvalue weighted by Gasteiger charge is 2.07. The third kappa shape index (κ3) is 4.66. The van der Waals surface area contributed by atoms with Gasteiger partial charge in [0.1, 0.15) is 12.4 Å². The summed E-state index contributed by atoms with van der Waals surface area (Å²) in [5.74, 6) is 1.20. The Morgan fingerprint density at radius 2 is 1.65 bits per heavy atom. The van der Waals surface area contributed by atoms with Gasteiger partial charge in [0.15, 0.2) is 5.82 Å². The number of rotatable bonds is 6. The van der Waals surface area contributed by atoms with Crippen LogP contribution in [-0.4, -0.2) is 29.0 Å². The number of carbonyl (C=O) groups is 1. The second kappa shape index (κ2) is 8.25. The molecule has 2 aromatic carbocycles. The van der Waals surface area contributed by atoms with Gasteiger partial charge in [-0.2, -0.15) is 0 Å². The number of nitrogens with one attached hydrogen (secondary N) is 1. The van der Waals surface area contributed by atoms with E-state index in [2.05, 4.69) is 21.4 Å². The van der Waals surface area contributed by atoms with Crippen LogP contribution in [0.2, 0.25) is 0 Å². The molecule has 0 atom stereocenters. The molecular formula is C21H21N3O2. The van der Waals surface area contributed by atoms with Gasteiger partial charge in [-0.25, -0.2) is 9.97 Å². The first kappa shape index (κ1) is 17.6. The molecule has 1 N–H and O–H groups in total.